The van der Waals surface area contributed by atoms with E-state index < -0.39 is 4.92 Å². The molecule has 2 aromatic carbocycles. The summed E-state index contributed by atoms with van der Waals surface area (Å²) in [5, 5.41) is 17.4. The summed E-state index contributed by atoms with van der Waals surface area (Å²) in [6.07, 6.45) is 0.910. The summed E-state index contributed by atoms with van der Waals surface area (Å²) in [7, 11) is 0. The summed E-state index contributed by atoms with van der Waals surface area (Å²) >= 11 is 0. The number of quaternary nitrogens is 1. The second-order valence-corrected chi connectivity index (χ2v) is 7.59. The highest BCUT2D eigenvalue weighted by Crippen LogP contribution is 2.34. The summed E-state index contributed by atoms with van der Waals surface area (Å²) in [5.41, 5.74) is 2.53. The average Bonchev–Trinajstić information content (AvgIpc) is 3.24. The molecular weight excluding hydrogens is 384 g/mol. The number of rotatable bonds is 6. The molecule has 2 aliphatic heterocycles. The first-order chi connectivity index (χ1) is 14.6. The molecule has 1 atom stereocenters. The van der Waals surface area contributed by atoms with Crippen LogP contribution >= 0.6 is 0 Å². The Balaban J connectivity index is 1.56. The van der Waals surface area contributed by atoms with Crippen molar-refractivity contribution in [1.29, 1.82) is 0 Å². The van der Waals surface area contributed by atoms with Gasteiger partial charge in [-0.05, 0) is 11.1 Å². The number of hydrogen-bond acceptors (Lipinski definition) is 5. The van der Waals surface area contributed by atoms with Crippen molar-refractivity contribution in [2.75, 3.05) is 32.8 Å². The van der Waals surface area contributed by atoms with E-state index in [0.717, 1.165) is 49.7 Å². The van der Waals surface area contributed by atoms with E-state index in [-0.39, 0.29) is 17.6 Å². The van der Waals surface area contributed by atoms with Gasteiger partial charge in [-0.3, -0.25) is 14.9 Å². The van der Waals surface area contributed by atoms with Crippen molar-refractivity contribution in [2.24, 2.45) is 5.10 Å². The number of nitro benzene ring substituents is 1. The van der Waals surface area contributed by atoms with Crippen LogP contribution in [0.2, 0.25) is 0 Å². The number of nitrogens with one attached hydrogen (secondary N) is 1. The minimum atomic E-state index is -0.411. The fourth-order valence-electron chi connectivity index (χ4n) is 3.96. The van der Waals surface area contributed by atoms with Crippen molar-refractivity contribution in [3.05, 3.63) is 75.8 Å². The lowest BCUT2D eigenvalue weighted by Gasteiger charge is -2.25. The van der Waals surface area contributed by atoms with Gasteiger partial charge in [0.2, 0.25) is 5.91 Å². The Morgan fingerprint density at radius 3 is 2.67 bits per heavy atom. The first-order valence-electron chi connectivity index (χ1n) is 10.2. The highest BCUT2D eigenvalue weighted by Gasteiger charge is 2.34. The predicted molar refractivity (Wildman–Crippen MR) is 111 cm³/mol. The topological polar surface area (TPSA) is 89.5 Å². The molecule has 0 bridgehead atoms. The quantitative estimate of drug-likeness (QED) is 0.579. The van der Waals surface area contributed by atoms with E-state index in [9.17, 15) is 14.9 Å². The Bertz CT molecular complexity index is 941. The van der Waals surface area contributed by atoms with E-state index in [4.69, 9.17) is 4.74 Å². The van der Waals surface area contributed by atoms with E-state index in [0.29, 0.717) is 12.8 Å². The smallest absolute Gasteiger partial charge is 0.269 e. The molecule has 8 nitrogen and oxygen atoms in total. The first kappa shape index (κ1) is 20.2. The normalized spacial score (nSPS) is 19.5. The van der Waals surface area contributed by atoms with Gasteiger partial charge in [-0.25, -0.2) is 5.01 Å². The Hall–Kier alpha value is -3.10. The summed E-state index contributed by atoms with van der Waals surface area (Å²) in [6, 6.07) is 15.9. The van der Waals surface area contributed by atoms with E-state index in [2.05, 4.69) is 5.10 Å². The molecule has 1 N–H and O–H groups in total. The summed E-state index contributed by atoms with van der Waals surface area (Å²) in [5.74, 6) is -0.0589. The number of nitro groups is 1. The van der Waals surface area contributed by atoms with Crippen LogP contribution in [-0.4, -0.2) is 54.4 Å². The number of morpholine rings is 1. The third kappa shape index (κ3) is 4.55. The van der Waals surface area contributed by atoms with E-state index in [1.165, 1.54) is 16.0 Å². The maximum Gasteiger partial charge on any atom is 0.269 e. The molecule has 0 radical (unpaired) electrons. The second-order valence-electron chi connectivity index (χ2n) is 7.59. The number of amides is 1. The van der Waals surface area contributed by atoms with Crippen molar-refractivity contribution in [3.63, 3.8) is 0 Å². The van der Waals surface area contributed by atoms with Gasteiger partial charge in [0.25, 0.3) is 5.69 Å². The predicted octanol–water partition coefficient (Wildman–Crippen LogP) is 1.58. The lowest BCUT2D eigenvalue weighted by atomic mass is 9.98. The Morgan fingerprint density at radius 2 is 1.93 bits per heavy atom. The minimum absolute atomic E-state index is 0.0193. The maximum absolute atomic E-state index is 13.1. The first-order valence-corrected chi connectivity index (χ1v) is 10.2. The number of hydrogen-bond donors (Lipinski definition) is 1. The molecule has 1 saturated heterocycles. The van der Waals surface area contributed by atoms with Gasteiger partial charge in [0.15, 0.2) is 0 Å². The van der Waals surface area contributed by atoms with Gasteiger partial charge in [0, 0.05) is 18.6 Å². The van der Waals surface area contributed by atoms with Crippen LogP contribution in [0.4, 0.5) is 5.69 Å². The van der Waals surface area contributed by atoms with Gasteiger partial charge in [-0.2, -0.15) is 5.10 Å². The number of hydrazone groups is 1. The molecule has 2 aromatic rings. The van der Waals surface area contributed by atoms with Crippen LogP contribution in [0.5, 0.6) is 0 Å². The van der Waals surface area contributed by atoms with Crippen molar-refractivity contribution < 1.29 is 19.4 Å². The summed E-state index contributed by atoms with van der Waals surface area (Å²) in [6.45, 7) is 3.98. The number of nitrogens with zero attached hydrogens (tertiary/aromatic N) is 3. The molecular formula is C22H25N4O4+. The van der Waals surface area contributed by atoms with E-state index >= 15 is 0 Å². The largest absolute Gasteiger partial charge is 0.370 e. The SMILES string of the molecule is O=C(CC[NH+]1CCOCC1)N1N=C(c2ccccc2)C[C@@H]1c1cccc([N+](=O)[O-])c1. The van der Waals surface area contributed by atoms with Gasteiger partial charge in [-0.1, -0.05) is 42.5 Å². The fourth-order valence-corrected chi connectivity index (χ4v) is 3.96. The standard InChI is InChI=1S/C22H24N4O4/c27-22(9-10-24-11-13-30-14-12-24)25-21(18-7-4-8-19(15-18)26(28)29)16-20(23-25)17-5-2-1-3-6-17/h1-8,15,21H,9-14,16H2/p+1/t21-/m1/s1. The zero-order chi connectivity index (χ0) is 20.9. The monoisotopic (exact) mass is 409 g/mol. The highest BCUT2D eigenvalue weighted by molar-refractivity contribution is 6.03. The van der Waals surface area contributed by atoms with Crippen LogP contribution in [0.3, 0.4) is 0 Å². The summed E-state index contributed by atoms with van der Waals surface area (Å²) in [4.78, 5) is 25.3. The molecule has 2 aliphatic rings. The number of non-ortho nitro benzene ring substituents is 1. The lowest BCUT2D eigenvalue weighted by Crippen LogP contribution is -3.14. The van der Waals surface area contributed by atoms with Crippen molar-refractivity contribution in [3.8, 4) is 0 Å². The average molecular weight is 409 g/mol. The van der Waals surface area contributed by atoms with Crippen LogP contribution in [0, 0.1) is 10.1 Å². The van der Waals surface area contributed by atoms with Crippen molar-refractivity contribution >= 4 is 17.3 Å². The van der Waals surface area contributed by atoms with Gasteiger partial charge >= 0.3 is 0 Å². The molecule has 2 heterocycles. The molecule has 0 aliphatic carbocycles. The molecule has 1 amide bonds. The third-order valence-electron chi connectivity index (χ3n) is 5.63. The van der Waals surface area contributed by atoms with Gasteiger partial charge in [-0.15, -0.1) is 0 Å². The zero-order valence-corrected chi connectivity index (χ0v) is 16.7. The Morgan fingerprint density at radius 1 is 1.17 bits per heavy atom. The van der Waals surface area contributed by atoms with Gasteiger partial charge in [0.05, 0.1) is 42.9 Å². The van der Waals surface area contributed by atoms with Crippen LogP contribution in [0.1, 0.15) is 30.0 Å². The molecule has 0 spiro atoms. The van der Waals surface area contributed by atoms with Crippen LogP contribution < -0.4 is 4.90 Å². The van der Waals surface area contributed by atoms with Crippen molar-refractivity contribution in [2.45, 2.75) is 18.9 Å². The molecule has 8 heteroatoms. The van der Waals surface area contributed by atoms with Crippen LogP contribution in [-0.2, 0) is 9.53 Å². The van der Waals surface area contributed by atoms with Crippen LogP contribution in [0.25, 0.3) is 0 Å². The Kier molecular flexibility index (Phi) is 6.15. The molecule has 30 heavy (non-hydrogen) atoms. The lowest BCUT2D eigenvalue weighted by molar-refractivity contribution is -0.907. The number of benzene rings is 2. The molecule has 156 valence electrons. The number of ether oxygens (including phenoxy) is 1. The van der Waals surface area contributed by atoms with E-state index in [1.807, 2.05) is 36.4 Å². The minimum Gasteiger partial charge on any atom is -0.370 e. The highest BCUT2D eigenvalue weighted by atomic mass is 16.6. The maximum atomic E-state index is 13.1. The molecule has 4 rings (SSSR count). The van der Waals surface area contributed by atoms with Crippen molar-refractivity contribution in [1.82, 2.24) is 5.01 Å². The molecule has 0 saturated carbocycles. The van der Waals surface area contributed by atoms with Crippen LogP contribution in [0.15, 0.2) is 59.7 Å². The molecule has 0 unspecified atom stereocenters. The van der Waals surface area contributed by atoms with Gasteiger partial charge < -0.3 is 9.64 Å². The van der Waals surface area contributed by atoms with E-state index in [1.54, 1.807) is 12.1 Å². The summed E-state index contributed by atoms with van der Waals surface area (Å²) < 4.78 is 5.38. The van der Waals surface area contributed by atoms with Gasteiger partial charge in [0.1, 0.15) is 13.1 Å². The molecule has 1 fully saturated rings. The Labute approximate surface area is 174 Å². The second kappa shape index (κ2) is 9.15. The number of carbonyl (C=O) groups excluding carboxylic acids is 1. The third-order valence-corrected chi connectivity index (χ3v) is 5.63. The zero-order valence-electron chi connectivity index (χ0n) is 16.7. The fraction of sp³-hybridized carbons (Fsp3) is 0.364. The molecule has 0 aromatic heterocycles. The number of carbonyl (C=O) groups is 1.